The Kier molecular flexibility index (Phi) is 5.33. The van der Waals surface area contributed by atoms with Crippen LogP contribution in [0.1, 0.15) is 39.0 Å². The molecule has 0 spiro atoms. The third-order valence-corrected chi connectivity index (χ3v) is 4.06. The van der Waals surface area contributed by atoms with Crippen molar-refractivity contribution in [2.24, 2.45) is 10.8 Å². The van der Waals surface area contributed by atoms with Gasteiger partial charge in [0, 0.05) is 19.0 Å². The maximum Gasteiger partial charge on any atom is 0.242 e. The molecule has 0 aromatic rings. The van der Waals surface area contributed by atoms with Gasteiger partial charge in [0.15, 0.2) is 0 Å². The van der Waals surface area contributed by atoms with Gasteiger partial charge in [0.1, 0.15) is 5.41 Å². The van der Waals surface area contributed by atoms with Crippen LogP contribution in [0.5, 0.6) is 0 Å². The standard InChI is InChI=1S/C14H24N2O3/c1-13(10-17,11-18)9-16(2)12(19)14(8-15)6-4-3-5-7-14/h17-18H,3-7,9-11H2,1-2H3. The molecule has 1 fully saturated rings. The molecule has 0 aromatic heterocycles. The Balaban J connectivity index is 2.78. The van der Waals surface area contributed by atoms with Gasteiger partial charge in [-0.15, -0.1) is 0 Å². The number of carbonyl (C=O) groups excluding carboxylic acids is 1. The molecule has 1 rings (SSSR count). The van der Waals surface area contributed by atoms with Gasteiger partial charge in [0.2, 0.25) is 5.91 Å². The van der Waals surface area contributed by atoms with Gasteiger partial charge in [-0.1, -0.05) is 26.2 Å². The van der Waals surface area contributed by atoms with E-state index in [1.54, 1.807) is 14.0 Å². The van der Waals surface area contributed by atoms with E-state index in [1.807, 2.05) is 0 Å². The monoisotopic (exact) mass is 268 g/mol. The Labute approximate surface area is 114 Å². The number of rotatable bonds is 5. The molecule has 0 aliphatic heterocycles. The van der Waals surface area contributed by atoms with Crippen LogP contribution in [0.4, 0.5) is 0 Å². The number of carbonyl (C=O) groups is 1. The number of nitriles is 1. The highest BCUT2D eigenvalue weighted by Gasteiger charge is 2.42. The van der Waals surface area contributed by atoms with Crippen molar-refractivity contribution in [1.82, 2.24) is 4.90 Å². The molecule has 0 atom stereocenters. The lowest BCUT2D eigenvalue weighted by Crippen LogP contribution is -2.48. The van der Waals surface area contributed by atoms with Crippen LogP contribution in [0.3, 0.4) is 0 Å². The molecule has 0 aromatic carbocycles. The number of aliphatic hydroxyl groups is 2. The molecule has 0 saturated heterocycles. The predicted molar refractivity (Wildman–Crippen MR) is 71.0 cm³/mol. The molecular formula is C14H24N2O3. The van der Waals surface area contributed by atoms with Crippen molar-refractivity contribution < 1.29 is 15.0 Å². The van der Waals surface area contributed by atoms with Crippen LogP contribution < -0.4 is 0 Å². The summed E-state index contributed by atoms with van der Waals surface area (Å²) in [6, 6.07) is 2.20. The molecular weight excluding hydrogens is 244 g/mol. The summed E-state index contributed by atoms with van der Waals surface area (Å²) in [6.45, 7) is 1.58. The number of nitrogens with zero attached hydrogens (tertiary/aromatic N) is 2. The summed E-state index contributed by atoms with van der Waals surface area (Å²) in [6.07, 6.45) is 4.11. The average molecular weight is 268 g/mol. The van der Waals surface area contributed by atoms with Crippen molar-refractivity contribution in [1.29, 1.82) is 5.26 Å². The molecule has 0 unspecified atom stereocenters. The van der Waals surface area contributed by atoms with E-state index in [0.29, 0.717) is 12.8 Å². The lowest BCUT2D eigenvalue weighted by Gasteiger charge is -2.36. The summed E-state index contributed by atoms with van der Waals surface area (Å²) < 4.78 is 0. The Morgan fingerprint density at radius 3 is 2.26 bits per heavy atom. The first-order valence-corrected chi connectivity index (χ1v) is 6.82. The number of aliphatic hydroxyl groups excluding tert-OH is 2. The van der Waals surface area contributed by atoms with E-state index in [2.05, 4.69) is 6.07 Å². The SMILES string of the molecule is CN(CC(C)(CO)CO)C(=O)C1(C#N)CCCCC1. The van der Waals surface area contributed by atoms with Gasteiger partial charge in [-0.05, 0) is 12.8 Å². The molecule has 5 heteroatoms. The first-order valence-electron chi connectivity index (χ1n) is 6.82. The summed E-state index contributed by atoms with van der Waals surface area (Å²) in [5.74, 6) is -0.178. The van der Waals surface area contributed by atoms with Gasteiger partial charge in [-0.25, -0.2) is 0 Å². The van der Waals surface area contributed by atoms with Gasteiger partial charge in [0.05, 0.1) is 19.3 Å². The highest BCUT2D eigenvalue weighted by atomic mass is 16.3. The molecule has 5 nitrogen and oxygen atoms in total. The van der Waals surface area contributed by atoms with E-state index >= 15 is 0 Å². The molecule has 19 heavy (non-hydrogen) atoms. The third-order valence-electron chi connectivity index (χ3n) is 4.06. The summed E-state index contributed by atoms with van der Waals surface area (Å²) >= 11 is 0. The van der Waals surface area contributed by atoms with Gasteiger partial charge in [0.25, 0.3) is 0 Å². The van der Waals surface area contributed by atoms with E-state index in [0.717, 1.165) is 19.3 Å². The Morgan fingerprint density at radius 1 is 1.32 bits per heavy atom. The van der Waals surface area contributed by atoms with Crippen LogP contribution in [-0.2, 0) is 4.79 Å². The molecule has 0 bridgehead atoms. The Hall–Kier alpha value is -1.12. The first-order chi connectivity index (χ1) is 8.93. The van der Waals surface area contributed by atoms with Crippen LogP contribution in [0.15, 0.2) is 0 Å². The fraction of sp³-hybridized carbons (Fsp3) is 0.857. The molecule has 0 heterocycles. The maximum absolute atomic E-state index is 12.5. The highest BCUT2D eigenvalue weighted by molar-refractivity contribution is 5.85. The highest BCUT2D eigenvalue weighted by Crippen LogP contribution is 2.37. The van der Waals surface area contributed by atoms with E-state index in [1.165, 1.54) is 4.90 Å². The topological polar surface area (TPSA) is 84.6 Å². The summed E-state index contributed by atoms with van der Waals surface area (Å²) in [7, 11) is 1.64. The van der Waals surface area contributed by atoms with Crippen LogP contribution >= 0.6 is 0 Å². The maximum atomic E-state index is 12.5. The summed E-state index contributed by atoms with van der Waals surface area (Å²) in [5.41, 5.74) is -1.63. The molecule has 1 saturated carbocycles. The summed E-state index contributed by atoms with van der Waals surface area (Å²) in [5, 5.41) is 27.9. The smallest absolute Gasteiger partial charge is 0.242 e. The second-order valence-corrected chi connectivity index (χ2v) is 6.04. The predicted octanol–water partition coefficient (Wildman–Crippen LogP) is 0.910. The van der Waals surface area contributed by atoms with Crippen LogP contribution in [0, 0.1) is 22.2 Å². The zero-order valence-corrected chi connectivity index (χ0v) is 11.9. The van der Waals surface area contributed by atoms with Crippen molar-refractivity contribution in [3.63, 3.8) is 0 Å². The lowest BCUT2D eigenvalue weighted by molar-refractivity contribution is -0.141. The molecule has 2 N–H and O–H groups in total. The Bertz CT molecular complexity index is 352. The molecule has 1 aliphatic rings. The van der Waals surface area contributed by atoms with E-state index in [-0.39, 0.29) is 25.7 Å². The number of amides is 1. The van der Waals surface area contributed by atoms with Gasteiger partial charge < -0.3 is 15.1 Å². The van der Waals surface area contributed by atoms with Crippen LogP contribution in [0.25, 0.3) is 0 Å². The van der Waals surface area contributed by atoms with Crippen LogP contribution in [0.2, 0.25) is 0 Å². The first kappa shape index (κ1) is 15.9. The summed E-state index contributed by atoms with van der Waals surface area (Å²) in [4.78, 5) is 14.0. The van der Waals surface area contributed by atoms with Crippen LogP contribution in [-0.4, -0.2) is 47.8 Å². The minimum atomic E-state index is -0.904. The van der Waals surface area contributed by atoms with Crippen molar-refractivity contribution in [3.05, 3.63) is 0 Å². The van der Waals surface area contributed by atoms with Gasteiger partial charge in [-0.3, -0.25) is 4.79 Å². The van der Waals surface area contributed by atoms with E-state index < -0.39 is 10.8 Å². The van der Waals surface area contributed by atoms with E-state index in [4.69, 9.17) is 0 Å². The molecule has 108 valence electrons. The molecule has 0 radical (unpaired) electrons. The number of hydrogen-bond donors (Lipinski definition) is 2. The van der Waals surface area contributed by atoms with Gasteiger partial charge >= 0.3 is 0 Å². The zero-order valence-electron chi connectivity index (χ0n) is 11.9. The second-order valence-electron chi connectivity index (χ2n) is 6.04. The quantitative estimate of drug-likeness (QED) is 0.776. The van der Waals surface area contributed by atoms with Gasteiger partial charge in [-0.2, -0.15) is 5.26 Å². The second kappa shape index (κ2) is 6.36. The molecule has 1 amide bonds. The van der Waals surface area contributed by atoms with Crippen molar-refractivity contribution >= 4 is 5.91 Å². The number of hydrogen-bond acceptors (Lipinski definition) is 4. The average Bonchev–Trinajstić information content (AvgIpc) is 2.46. The van der Waals surface area contributed by atoms with Crippen molar-refractivity contribution in [2.75, 3.05) is 26.8 Å². The lowest BCUT2D eigenvalue weighted by atomic mass is 9.74. The normalized spacial score (nSPS) is 18.7. The minimum Gasteiger partial charge on any atom is -0.396 e. The minimum absolute atomic E-state index is 0.178. The van der Waals surface area contributed by atoms with Crippen molar-refractivity contribution in [3.8, 4) is 6.07 Å². The third kappa shape index (κ3) is 3.46. The zero-order chi connectivity index (χ0) is 14.5. The van der Waals surface area contributed by atoms with E-state index in [9.17, 15) is 20.3 Å². The fourth-order valence-corrected chi connectivity index (χ4v) is 2.69. The fourth-order valence-electron chi connectivity index (χ4n) is 2.69. The largest absolute Gasteiger partial charge is 0.396 e. The Morgan fingerprint density at radius 2 is 1.84 bits per heavy atom. The van der Waals surface area contributed by atoms with Crippen molar-refractivity contribution in [2.45, 2.75) is 39.0 Å². The molecule has 1 aliphatic carbocycles.